The Hall–Kier alpha value is -4.46. The van der Waals surface area contributed by atoms with Gasteiger partial charge in [0, 0.05) is 23.6 Å². The van der Waals surface area contributed by atoms with E-state index in [1.807, 2.05) is 0 Å². The van der Waals surface area contributed by atoms with Crippen LogP contribution in [0.15, 0.2) is 72.6 Å². The molecule has 1 aliphatic rings. The fraction of sp³-hybridized carbons (Fsp3) is 0.214. The van der Waals surface area contributed by atoms with Crippen molar-refractivity contribution < 1.29 is 29.0 Å². The van der Waals surface area contributed by atoms with Gasteiger partial charge in [0.1, 0.15) is 11.5 Å². The predicted octanol–water partition coefficient (Wildman–Crippen LogP) is 4.59. The summed E-state index contributed by atoms with van der Waals surface area (Å²) >= 11 is 0. The Morgan fingerprint density at radius 2 is 1.78 bits per heavy atom. The Morgan fingerprint density at radius 3 is 2.42 bits per heavy atom. The summed E-state index contributed by atoms with van der Waals surface area (Å²) in [5.41, 5.74) is 2.15. The minimum absolute atomic E-state index is 0.0605. The zero-order valence-corrected chi connectivity index (χ0v) is 20.4. The van der Waals surface area contributed by atoms with E-state index in [1.54, 1.807) is 81.7 Å². The smallest absolute Gasteiger partial charge is 0.338 e. The number of benzene rings is 2. The van der Waals surface area contributed by atoms with E-state index in [0.717, 1.165) is 0 Å². The number of carbonyl (C=O) groups excluding carboxylic acids is 3. The first-order chi connectivity index (χ1) is 17.2. The first kappa shape index (κ1) is 24.7. The van der Waals surface area contributed by atoms with E-state index < -0.39 is 23.7 Å². The third kappa shape index (κ3) is 4.57. The van der Waals surface area contributed by atoms with Gasteiger partial charge in [-0.05, 0) is 80.4 Å². The largest absolute Gasteiger partial charge is 0.507 e. The Morgan fingerprint density at radius 1 is 1.06 bits per heavy atom. The third-order valence-corrected chi connectivity index (χ3v) is 5.86. The van der Waals surface area contributed by atoms with Crippen LogP contribution in [0.3, 0.4) is 0 Å². The van der Waals surface area contributed by atoms with Gasteiger partial charge >= 0.3 is 5.97 Å². The summed E-state index contributed by atoms with van der Waals surface area (Å²) in [4.78, 5) is 44.5. The number of aliphatic hydroxyl groups is 1. The van der Waals surface area contributed by atoms with E-state index in [2.05, 4.69) is 4.98 Å². The molecule has 1 unspecified atom stereocenters. The molecule has 0 saturated carbocycles. The number of carbonyl (C=O) groups is 3. The van der Waals surface area contributed by atoms with Crippen molar-refractivity contribution in [3.8, 4) is 5.75 Å². The number of aliphatic hydroxyl groups excluding tert-OH is 1. The molecule has 1 fully saturated rings. The number of aromatic nitrogens is 1. The van der Waals surface area contributed by atoms with Crippen LogP contribution in [0.5, 0.6) is 5.75 Å². The Kier molecular flexibility index (Phi) is 6.87. The molecule has 36 heavy (non-hydrogen) atoms. The SMILES string of the molecule is COc1ccc(/C(O)=C2/C(=O)C(=O)N(c3cccc(C(=O)OC(C)C)c3)C2c2ccncc2)c(C)c1. The van der Waals surface area contributed by atoms with Crippen LogP contribution in [0.25, 0.3) is 5.76 Å². The van der Waals surface area contributed by atoms with Crippen LogP contribution >= 0.6 is 0 Å². The maximum Gasteiger partial charge on any atom is 0.338 e. The first-order valence-electron chi connectivity index (χ1n) is 11.4. The summed E-state index contributed by atoms with van der Waals surface area (Å²) in [5, 5.41) is 11.3. The predicted molar refractivity (Wildman–Crippen MR) is 134 cm³/mol. The van der Waals surface area contributed by atoms with Crippen molar-refractivity contribution >= 4 is 29.1 Å². The minimum Gasteiger partial charge on any atom is -0.507 e. The number of Topliss-reactive ketones (excluding diaryl/α,β-unsaturated/α-hetero) is 1. The molecule has 8 nitrogen and oxygen atoms in total. The quantitative estimate of drug-likeness (QED) is 0.235. The maximum absolute atomic E-state index is 13.4. The summed E-state index contributed by atoms with van der Waals surface area (Å²) in [6.07, 6.45) is 2.77. The van der Waals surface area contributed by atoms with Crippen LogP contribution in [0.1, 0.15) is 46.9 Å². The number of methoxy groups -OCH3 is 1. The lowest BCUT2D eigenvalue weighted by atomic mass is 9.94. The molecule has 0 aliphatic carbocycles. The monoisotopic (exact) mass is 486 g/mol. The van der Waals surface area contributed by atoms with Gasteiger partial charge in [0.15, 0.2) is 0 Å². The average molecular weight is 487 g/mol. The molecular weight excluding hydrogens is 460 g/mol. The molecule has 2 heterocycles. The lowest BCUT2D eigenvalue weighted by Gasteiger charge is -2.25. The number of aryl methyl sites for hydroxylation is 1. The molecule has 184 valence electrons. The number of ether oxygens (including phenoxy) is 2. The van der Waals surface area contributed by atoms with Crippen LogP contribution in [-0.2, 0) is 14.3 Å². The van der Waals surface area contributed by atoms with E-state index in [9.17, 15) is 19.5 Å². The van der Waals surface area contributed by atoms with Crippen molar-refractivity contribution in [2.75, 3.05) is 12.0 Å². The van der Waals surface area contributed by atoms with Gasteiger partial charge in [-0.2, -0.15) is 0 Å². The molecule has 1 aliphatic heterocycles. The highest BCUT2D eigenvalue weighted by molar-refractivity contribution is 6.51. The van der Waals surface area contributed by atoms with Gasteiger partial charge in [0.25, 0.3) is 11.7 Å². The molecule has 0 bridgehead atoms. The summed E-state index contributed by atoms with van der Waals surface area (Å²) in [6.45, 7) is 5.26. The molecule has 1 saturated heterocycles. The van der Waals surface area contributed by atoms with E-state index >= 15 is 0 Å². The van der Waals surface area contributed by atoms with Crippen molar-refractivity contribution in [3.05, 3.63) is 94.8 Å². The van der Waals surface area contributed by atoms with E-state index in [4.69, 9.17) is 9.47 Å². The number of anilines is 1. The van der Waals surface area contributed by atoms with Gasteiger partial charge in [0.2, 0.25) is 0 Å². The second-order valence-corrected chi connectivity index (χ2v) is 8.63. The lowest BCUT2D eigenvalue weighted by molar-refractivity contribution is -0.132. The summed E-state index contributed by atoms with van der Waals surface area (Å²) in [6, 6.07) is 13.8. The normalized spacial score (nSPS) is 16.9. The molecule has 4 rings (SSSR count). The van der Waals surface area contributed by atoms with Crippen molar-refractivity contribution in [2.45, 2.75) is 32.9 Å². The minimum atomic E-state index is -0.939. The van der Waals surface area contributed by atoms with Crippen molar-refractivity contribution in [3.63, 3.8) is 0 Å². The van der Waals surface area contributed by atoms with Crippen LogP contribution < -0.4 is 9.64 Å². The van der Waals surface area contributed by atoms with Crippen LogP contribution in [0.2, 0.25) is 0 Å². The van der Waals surface area contributed by atoms with E-state index in [-0.39, 0.29) is 23.0 Å². The van der Waals surface area contributed by atoms with Gasteiger partial charge in [-0.3, -0.25) is 19.5 Å². The number of hydrogen-bond donors (Lipinski definition) is 1. The Bertz CT molecular complexity index is 1360. The topological polar surface area (TPSA) is 106 Å². The summed E-state index contributed by atoms with van der Waals surface area (Å²) in [5.74, 6) is -1.90. The van der Waals surface area contributed by atoms with E-state index in [1.165, 1.54) is 18.1 Å². The van der Waals surface area contributed by atoms with Crippen LogP contribution in [-0.4, -0.2) is 41.0 Å². The van der Waals surface area contributed by atoms with Gasteiger partial charge < -0.3 is 14.6 Å². The Labute approximate surface area is 208 Å². The summed E-state index contributed by atoms with van der Waals surface area (Å²) in [7, 11) is 1.54. The van der Waals surface area contributed by atoms with Crippen molar-refractivity contribution in [1.29, 1.82) is 0 Å². The molecule has 0 radical (unpaired) electrons. The number of amides is 1. The maximum atomic E-state index is 13.4. The van der Waals surface area contributed by atoms with Crippen LogP contribution in [0.4, 0.5) is 5.69 Å². The number of esters is 1. The number of hydrogen-bond acceptors (Lipinski definition) is 7. The first-order valence-corrected chi connectivity index (χ1v) is 11.4. The number of ketones is 1. The lowest BCUT2D eigenvalue weighted by Crippen LogP contribution is -2.29. The third-order valence-electron chi connectivity index (χ3n) is 5.86. The standard InChI is InChI=1S/C28H26N2O6/c1-16(2)36-28(34)19-6-5-7-20(15-19)30-24(18-10-12-29-13-11-18)23(26(32)27(30)33)25(31)22-9-8-21(35-4)14-17(22)3/h5-16,24,31H,1-4H3/b25-23-. The Balaban J connectivity index is 1.89. The number of rotatable bonds is 6. The average Bonchev–Trinajstić information content (AvgIpc) is 3.14. The second kappa shape index (κ2) is 10.0. The fourth-order valence-corrected chi connectivity index (χ4v) is 4.20. The molecule has 8 heteroatoms. The van der Waals surface area contributed by atoms with Crippen LogP contribution in [0, 0.1) is 6.92 Å². The molecule has 2 aromatic carbocycles. The van der Waals surface area contributed by atoms with Gasteiger partial charge in [0.05, 0.1) is 30.4 Å². The molecular formula is C28H26N2O6. The molecule has 3 aromatic rings. The molecule has 0 spiro atoms. The van der Waals surface area contributed by atoms with Gasteiger partial charge in [-0.25, -0.2) is 4.79 Å². The second-order valence-electron chi connectivity index (χ2n) is 8.63. The van der Waals surface area contributed by atoms with Crippen molar-refractivity contribution in [2.24, 2.45) is 0 Å². The highest BCUT2D eigenvalue weighted by Gasteiger charge is 2.47. The molecule has 1 amide bonds. The molecule has 1 N–H and O–H groups in total. The highest BCUT2D eigenvalue weighted by Crippen LogP contribution is 2.42. The van der Waals surface area contributed by atoms with E-state index in [0.29, 0.717) is 28.1 Å². The number of nitrogens with zero attached hydrogens (tertiary/aromatic N) is 2. The zero-order valence-electron chi connectivity index (χ0n) is 20.4. The van der Waals surface area contributed by atoms with Crippen molar-refractivity contribution in [1.82, 2.24) is 4.98 Å². The van der Waals surface area contributed by atoms with Gasteiger partial charge in [-0.1, -0.05) is 6.07 Å². The highest BCUT2D eigenvalue weighted by atomic mass is 16.5. The zero-order chi connectivity index (χ0) is 26.0. The fourth-order valence-electron chi connectivity index (χ4n) is 4.20. The molecule has 1 aromatic heterocycles. The number of pyridine rings is 1. The van der Waals surface area contributed by atoms with Gasteiger partial charge in [-0.15, -0.1) is 0 Å². The molecule has 1 atom stereocenters. The summed E-state index contributed by atoms with van der Waals surface area (Å²) < 4.78 is 10.5.